The predicted octanol–water partition coefficient (Wildman–Crippen LogP) is 3.23. The van der Waals surface area contributed by atoms with Crippen LogP contribution in [-0.2, 0) is 4.79 Å². The lowest BCUT2D eigenvalue weighted by atomic mass is 9.71. The minimum Gasteiger partial charge on any atom is -0.478 e. The van der Waals surface area contributed by atoms with Crippen molar-refractivity contribution in [1.82, 2.24) is 9.78 Å². The number of carbonyl (C=O) groups is 2. The summed E-state index contributed by atoms with van der Waals surface area (Å²) < 4.78 is 27.4. The van der Waals surface area contributed by atoms with Gasteiger partial charge in [0, 0.05) is 5.41 Å². The van der Waals surface area contributed by atoms with Crippen molar-refractivity contribution < 1.29 is 23.5 Å². The summed E-state index contributed by atoms with van der Waals surface area (Å²) in [5.41, 5.74) is -1.41. The molecule has 0 spiro atoms. The summed E-state index contributed by atoms with van der Waals surface area (Å²) in [7, 11) is 0. The monoisotopic (exact) mass is 300 g/mol. The van der Waals surface area contributed by atoms with E-state index < -0.39 is 29.1 Å². The van der Waals surface area contributed by atoms with Crippen molar-refractivity contribution in [1.29, 1.82) is 0 Å². The minimum atomic E-state index is -2.89. The SMILES string of the molecule is CC(=O)C1(C)CCC(n2ncc(C(=O)O)c2C(F)F)CC1. The number of hydrogen-bond donors (Lipinski definition) is 1. The molecule has 21 heavy (non-hydrogen) atoms. The van der Waals surface area contributed by atoms with Gasteiger partial charge >= 0.3 is 5.97 Å². The summed E-state index contributed by atoms with van der Waals surface area (Å²) in [4.78, 5) is 22.6. The molecule has 1 heterocycles. The Labute approximate surface area is 120 Å². The lowest BCUT2D eigenvalue weighted by Crippen LogP contribution is -2.32. The molecule has 0 aromatic carbocycles. The third-order valence-corrected chi connectivity index (χ3v) is 4.53. The fourth-order valence-electron chi connectivity index (χ4n) is 2.88. The Morgan fingerprint density at radius 3 is 2.43 bits per heavy atom. The molecule has 1 aromatic heterocycles. The molecule has 1 saturated carbocycles. The van der Waals surface area contributed by atoms with E-state index in [4.69, 9.17) is 5.11 Å². The van der Waals surface area contributed by atoms with Crippen LogP contribution in [0.25, 0.3) is 0 Å². The van der Waals surface area contributed by atoms with Gasteiger partial charge in [0.05, 0.1) is 12.2 Å². The van der Waals surface area contributed by atoms with Gasteiger partial charge in [-0.15, -0.1) is 0 Å². The summed E-state index contributed by atoms with van der Waals surface area (Å²) in [6.07, 6.45) is 0.352. The Kier molecular flexibility index (Phi) is 4.11. The number of Topliss-reactive ketones (excluding diaryl/α,β-unsaturated/α-hetero) is 1. The molecule has 1 fully saturated rings. The Hall–Kier alpha value is -1.79. The van der Waals surface area contributed by atoms with Crippen LogP contribution in [0.1, 0.15) is 68.0 Å². The van der Waals surface area contributed by atoms with E-state index in [0.717, 1.165) is 10.9 Å². The number of carbonyl (C=O) groups excluding carboxylic acids is 1. The first-order chi connectivity index (χ1) is 9.76. The predicted molar refractivity (Wildman–Crippen MR) is 70.4 cm³/mol. The van der Waals surface area contributed by atoms with Crippen molar-refractivity contribution >= 4 is 11.8 Å². The smallest absolute Gasteiger partial charge is 0.339 e. The fraction of sp³-hybridized carbons (Fsp3) is 0.643. The summed E-state index contributed by atoms with van der Waals surface area (Å²) in [6.45, 7) is 3.42. The first-order valence-corrected chi connectivity index (χ1v) is 6.86. The van der Waals surface area contributed by atoms with E-state index in [1.165, 1.54) is 0 Å². The quantitative estimate of drug-likeness (QED) is 0.926. The number of alkyl halides is 2. The highest BCUT2D eigenvalue weighted by molar-refractivity contribution is 5.88. The van der Waals surface area contributed by atoms with Gasteiger partial charge in [-0.1, -0.05) is 6.92 Å². The maximum absolute atomic E-state index is 13.1. The Morgan fingerprint density at radius 1 is 1.43 bits per heavy atom. The van der Waals surface area contributed by atoms with Gasteiger partial charge in [0.15, 0.2) is 0 Å². The van der Waals surface area contributed by atoms with Crippen molar-refractivity contribution in [3.05, 3.63) is 17.5 Å². The van der Waals surface area contributed by atoms with Gasteiger partial charge in [-0.25, -0.2) is 13.6 Å². The van der Waals surface area contributed by atoms with Gasteiger partial charge in [-0.05, 0) is 32.6 Å². The highest BCUT2D eigenvalue weighted by Crippen LogP contribution is 2.42. The van der Waals surface area contributed by atoms with Gasteiger partial charge in [-0.2, -0.15) is 5.10 Å². The van der Waals surface area contributed by atoms with Gasteiger partial charge in [0.1, 0.15) is 17.0 Å². The molecule has 7 heteroatoms. The van der Waals surface area contributed by atoms with Gasteiger partial charge < -0.3 is 5.11 Å². The average Bonchev–Trinajstić information content (AvgIpc) is 2.84. The third-order valence-electron chi connectivity index (χ3n) is 4.53. The van der Waals surface area contributed by atoms with Crippen LogP contribution in [0.4, 0.5) is 8.78 Å². The number of halogens is 2. The van der Waals surface area contributed by atoms with Crippen LogP contribution >= 0.6 is 0 Å². The van der Waals surface area contributed by atoms with Crippen LogP contribution in [0.2, 0.25) is 0 Å². The second-order valence-corrected chi connectivity index (χ2v) is 5.84. The molecule has 0 unspecified atom stereocenters. The summed E-state index contributed by atoms with van der Waals surface area (Å²) >= 11 is 0. The molecular formula is C14H18F2N2O3. The Balaban J connectivity index is 2.25. The zero-order valence-corrected chi connectivity index (χ0v) is 12.0. The van der Waals surface area contributed by atoms with Crippen molar-refractivity contribution in [3.63, 3.8) is 0 Å². The lowest BCUT2D eigenvalue weighted by molar-refractivity contribution is -0.127. The number of aromatic carboxylic acids is 1. The number of aromatic nitrogens is 2. The zero-order chi connectivity index (χ0) is 15.8. The van der Waals surface area contributed by atoms with Crippen LogP contribution in [0.15, 0.2) is 6.20 Å². The largest absolute Gasteiger partial charge is 0.478 e. The molecule has 0 saturated heterocycles. The Morgan fingerprint density at radius 2 is 2.00 bits per heavy atom. The van der Waals surface area contributed by atoms with E-state index in [2.05, 4.69) is 5.10 Å². The molecule has 1 N–H and O–H groups in total. The molecule has 0 amide bonds. The van der Waals surface area contributed by atoms with Gasteiger partial charge in [-0.3, -0.25) is 9.48 Å². The number of carboxylic acids is 1. The van der Waals surface area contributed by atoms with Gasteiger partial charge in [0.25, 0.3) is 6.43 Å². The fourth-order valence-corrected chi connectivity index (χ4v) is 2.88. The van der Waals surface area contributed by atoms with E-state index in [1.807, 2.05) is 6.92 Å². The van der Waals surface area contributed by atoms with Crippen molar-refractivity contribution in [3.8, 4) is 0 Å². The van der Waals surface area contributed by atoms with Crippen LogP contribution in [0.5, 0.6) is 0 Å². The number of hydrogen-bond acceptors (Lipinski definition) is 3. The number of nitrogens with zero attached hydrogens (tertiary/aromatic N) is 2. The van der Waals surface area contributed by atoms with E-state index in [9.17, 15) is 18.4 Å². The first-order valence-electron chi connectivity index (χ1n) is 6.86. The molecule has 0 aliphatic heterocycles. The molecule has 2 rings (SSSR count). The molecular weight excluding hydrogens is 282 g/mol. The summed E-state index contributed by atoms with van der Waals surface area (Å²) in [5.74, 6) is -1.30. The second-order valence-electron chi connectivity index (χ2n) is 5.84. The maximum Gasteiger partial charge on any atom is 0.339 e. The van der Waals surface area contributed by atoms with E-state index in [-0.39, 0.29) is 11.8 Å². The summed E-state index contributed by atoms with van der Waals surface area (Å²) in [6, 6.07) is -0.283. The maximum atomic E-state index is 13.1. The molecule has 1 aliphatic rings. The zero-order valence-electron chi connectivity index (χ0n) is 12.0. The van der Waals surface area contributed by atoms with E-state index >= 15 is 0 Å². The van der Waals surface area contributed by atoms with Crippen molar-refractivity contribution in [2.45, 2.75) is 52.0 Å². The Bertz CT molecular complexity index is 561. The molecule has 1 aliphatic carbocycles. The number of rotatable bonds is 4. The third kappa shape index (κ3) is 2.82. The van der Waals surface area contributed by atoms with E-state index in [1.54, 1.807) is 6.92 Å². The molecule has 5 nitrogen and oxygen atoms in total. The summed E-state index contributed by atoms with van der Waals surface area (Å²) in [5, 5.41) is 12.8. The van der Waals surface area contributed by atoms with Crippen molar-refractivity contribution in [2.75, 3.05) is 0 Å². The average molecular weight is 300 g/mol. The number of carboxylic acid groups (broad SMARTS) is 1. The van der Waals surface area contributed by atoms with Crippen LogP contribution in [0.3, 0.4) is 0 Å². The lowest BCUT2D eigenvalue weighted by Gasteiger charge is -2.35. The first kappa shape index (κ1) is 15.6. The minimum absolute atomic E-state index is 0.0988. The van der Waals surface area contributed by atoms with Crippen molar-refractivity contribution in [2.24, 2.45) is 5.41 Å². The molecule has 0 bridgehead atoms. The highest BCUT2D eigenvalue weighted by atomic mass is 19.3. The second kappa shape index (κ2) is 5.54. The molecule has 0 radical (unpaired) electrons. The standard InChI is InChI=1S/C14H18F2N2O3/c1-8(19)14(2)5-3-9(4-6-14)18-11(12(15)16)10(7-17-18)13(20)21/h7,9,12H,3-6H2,1-2H3,(H,20,21). The topological polar surface area (TPSA) is 72.2 Å². The highest BCUT2D eigenvalue weighted by Gasteiger charge is 2.37. The van der Waals surface area contributed by atoms with Gasteiger partial charge in [0.2, 0.25) is 0 Å². The van der Waals surface area contributed by atoms with Crippen LogP contribution in [-0.4, -0.2) is 26.6 Å². The number of ketones is 1. The van der Waals surface area contributed by atoms with Crippen LogP contribution < -0.4 is 0 Å². The van der Waals surface area contributed by atoms with Crippen LogP contribution in [0, 0.1) is 5.41 Å². The molecule has 0 atom stereocenters. The normalized spacial score (nSPS) is 26.0. The molecule has 116 valence electrons. The molecule has 1 aromatic rings. The van der Waals surface area contributed by atoms with E-state index in [0.29, 0.717) is 25.7 Å².